The van der Waals surface area contributed by atoms with Gasteiger partial charge in [0.2, 0.25) is 0 Å². The van der Waals surface area contributed by atoms with Crippen LogP contribution in [0.25, 0.3) is 10.4 Å². The highest BCUT2D eigenvalue weighted by atomic mass is 16.4. The Balaban J connectivity index is 3.06. The summed E-state index contributed by atoms with van der Waals surface area (Å²) in [5.74, 6) is 0. The van der Waals surface area contributed by atoms with E-state index in [1.54, 1.807) is 0 Å². The van der Waals surface area contributed by atoms with Gasteiger partial charge in [0, 0.05) is 4.91 Å². The number of rotatable bonds is 1. The van der Waals surface area contributed by atoms with Gasteiger partial charge in [-0.15, -0.1) is 0 Å². The molecule has 0 heterocycles. The molecule has 0 radical (unpaired) electrons. The van der Waals surface area contributed by atoms with Crippen molar-refractivity contribution in [3.05, 3.63) is 10.4 Å². The Bertz CT molecular complexity index is 290. The quantitative estimate of drug-likeness (QED) is 0.194. The maximum absolute atomic E-state index is 9.64. The lowest BCUT2D eigenvalue weighted by Gasteiger charge is -2.46. The van der Waals surface area contributed by atoms with Crippen molar-refractivity contribution in [1.29, 1.82) is 0 Å². The lowest BCUT2D eigenvalue weighted by molar-refractivity contribution is -0.229. The van der Waals surface area contributed by atoms with Crippen molar-refractivity contribution in [1.82, 2.24) is 0 Å². The highest BCUT2D eigenvalue weighted by Gasteiger charge is 2.54. The summed E-state index contributed by atoms with van der Waals surface area (Å²) >= 11 is 0. The van der Waals surface area contributed by atoms with Crippen LogP contribution in [0.4, 0.5) is 0 Å². The minimum atomic E-state index is -2.04. The molecule has 0 aromatic heterocycles. The Labute approximate surface area is 85.0 Å². The maximum atomic E-state index is 9.64. The van der Waals surface area contributed by atoms with Crippen LogP contribution in [0.2, 0.25) is 0 Å². The predicted molar refractivity (Wildman–Crippen MR) is 47.6 cm³/mol. The highest BCUT2D eigenvalue weighted by molar-refractivity contribution is 5.08. The Morgan fingerprint density at radius 1 is 1.13 bits per heavy atom. The molecule has 1 fully saturated rings. The van der Waals surface area contributed by atoms with E-state index in [4.69, 9.17) is 5.53 Å². The molecule has 0 bridgehead atoms. The van der Waals surface area contributed by atoms with Crippen LogP contribution in [0.3, 0.4) is 0 Å². The number of azide groups is 1. The van der Waals surface area contributed by atoms with Crippen molar-refractivity contribution in [2.75, 3.05) is 0 Å². The van der Waals surface area contributed by atoms with Crippen molar-refractivity contribution in [2.24, 2.45) is 5.11 Å². The lowest BCUT2D eigenvalue weighted by Crippen LogP contribution is -2.68. The van der Waals surface area contributed by atoms with Crippen LogP contribution in [0.5, 0.6) is 0 Å². The van der Waals surface area contributed by atoms with Gasteiger partial charge in [0.15, 0.2) is 0 Å². The van der Waals surface area contributed by atoms with Crippen LogP contribution in [0.1, 0.15) is 6.92 Å². The van der Waals surface area contributed by atoms with Crippen molar-refractivity contribution >= 4 is 0 Å². The van der Waals surface area contributed by atoms with Gasteiger partial charge in [-0.3, -0.25) is 0 Å². The fraction of sp³-hybridized carbons (Fsp3) is 1.00. The van der Waals surface area contributed by atoms with Crippen LogP contribution in [0.15, 0.2) is 5.11 Å². The molecule has 86 valence electrons. The molecule has 0 unspecified atom stereocenters. The standard InChI is InChI=1S/C7H13N3O5/c1-7(15)5(13)2(9-10-8)3(11)4(12)6(7)14/h2-6,11-15H,1H3/t2-,3-,4+,5+,6+,7+/m1/s1. The zero-order chi connectivity index (χ0) is 11.8. The average Bonchev–Trinajstić information content (AvgIpc) is 2.20. The van der Waals surface area contributed by atoms with Crippen LogP contribution in [0, 0.1) is 0 Å². The average molecular weight is 219 g/mol. The molecule has 8 heteroatoms. The first kappa shape index (κ1) is 12.2. The van der Waals surface area contributed by atoms with E-state index in [0.29, 0.717) is 0 Å². The van der Waals surface area contributed by atoms with E-state index in [1.165, 1.54) is 0 Å². The van der Waals surface area contributed by atoms with Gasteiger partial charge >= 0.3 is 0 Å². The van der Waals surface area contributed by atoms with Gasteiger partial charge in [0.1, 0.15) is 17.8 Å². The molecule has 1 aliphatic carbocycles. The molecule has 0 aromatic carbocycles. The topological polar surface area (TPSA) is 150 Å². The monoisotopic (exact) mass is 219 g/mol. The molecule has 0 amide bonds. The summed E-state index contributed by atoms with van der Waals surface area (Å²) in [5, 5.41) is 50.4. The maximum Gasteiger partial charge on any atom is 0.117 e. The summed E-state index contributed by atoms with van der Waals surface area (Å²) in [7, 11) is 0. The van der Waals surface area contributed by atoms with Gasteiger partial charge in [0.05, 0.1) is 18.2 Å². The lowest BCUT2D eigenvalue weighted by atomic mass is 9.75. The summed E-state index contributed by atoms with van der Waals surface area (Å²) < 4.78 is 0. The van der Waals surface area contributed by atoms with Crippen molar-refractivity contribution in [3.8, 4) is 0 Å². The van der Waals surface area contributed by atoms with Gasteiger partial charge in [-0.1, -0.05) is 5.11 Å². The van der Waals surface area contributed by atoms with Gasteiger partial charge < -0.3 is 25.5 Å². The summed E-state index contributed by atoms with van der Waals surface area (Å²) in [6.07, 6.45) is -6.67. The first-order chi connectivity index (χ1) is 6.84. The fourth-order valence-corrected chi connectivity index (χ4v) is 1.63. The van der Waals surface area contributed by atoms with Gasteiger partial charge in [-0.05, 0) is 12.5 Å². The third-order valence-electron chi connectivity index (χ3n) is 2.73. The molecule has 8 nitrogen and oxygen atoms in total. The molecule has 15 heavy (non-hydrogen) atoms. The minimum Gasteiger partial charge on any atom is -0.390 e. The van der Waals surface area contributed by atoms with E-state index in [9.17, 15) is 25.5 Å². The summed E-state index contributed by atoms with van der Waals surface area (Å²) in [6, 6.07) is -1.40. The van der Waals surface area contributed by atoms with E-state index >= 15 is 0 Å². The summed E-state index contributed by atoms with van der Waals surface area (Å²) in [6.45, 7) is 1.08. The molecule has 0 aromatic rings. The summed E-state index contributed by atoms with van der Waals surface area (Å²) in [5.41, 5.74) is 6.14. The first-order valence-corrected chi connectivity index (χ1v) is 4.33. The number of aliphatic hydroxyl groups is 5. The predicted octanol–water partition coefficient (Wildman–Crippen LogP) is -2.13. The van der Waals surface area contributed by atoms with Crippen LogP contribution in [-0.4, -0.2) is 61.6 Å². The van der Waals surface area contributed by atoms with Gasteiger partial charge in [-0.25, -0.2) is 0 Å². The Kier molecular flexibility index (Phi) is 3.19. The second-order valence-electron chi connectivity index (χ2n) is 3.79. The Hall–Kier alpha value is -0.890. The molecule has 1 aliphatic rings. The van der Waals surface area contributed by atoms with Gasteiger partial charge in [-0.2, -0.15) is 0 Å². The fourth-order valence-electron chi connectivity index (χ4n) is 1.63. The van der Waals surface area contributed by atoms with E-state index in [0.717, 1.165) is 6.92 Å². The Morgan fingerprint density at radius 3 is 2.13 bits per heavy atom. The zero-order valence-electron chi connectivity index (χ0n) is 7.96. The number of hydrogen-bond acceptors (Lipinski definition) is 6. The van der Waals surface area contributed by atoms with Crippen molar-refractivity contribution in [2.45, 2.75) is 43.0 Å². The zero-order valence-corrected chi connectivity index (χ0v) is 7.96. The van der Waals surface area contributed by atoms with E-state index in [2.05, 4.69) is 10.0 Å². The molecular formula is C7H13N3O5. The minimum absolute atomic E-state index is 1.08. The van der Waals surface area contributed by atoms with E-state index in [1.807, 2.05) is 0 Å². The van der Waals surface area contributed by atoms with Crippen molar-refractivity contribution < 1.29 is 25.5 Å². The number of nitrogens with zero attached hydrogens (tertiary/aromatic N) is 3. The third-order valence-corrected chi connectivity index (χ3v) is 2.73. The Morgan fingerprint density at radius 2 is 1.67 bits per heavy atom. The second kappa shape index (κ2) is 3.93. The first-order valence-electron chi connectivity index (χ1n) is 4.33. The molecule has 1 rings (SSSR count). The second-order valence-corrected chi connectivity index (χ2v) is 3.79. The molecule has 1 saturated carbocycles. The smallest absolute Gasteiger partial charge is 0.117 e. The molecule has 5 N–H and O–H groups in total. The summed E-state index contributed by atoms with van der Waals surface area (Å²) in [4.78, 5) is 2.39. The molecule has 0 spiro atoms. The highest BCUT2D eigenvalue weighted by Crippen LogP contribution is 2.31. The molecule has 0 aliphatic heterocycles. The number of hydrogen-bond donors (Lipinski definition) is 5. The van der Waals surface area contributed by atoms with Crippen LogP contribution < -0.4 is 0 Å². The van der Waals surface area contributed by atoms with E-state index < -0.39 is 36.1 Å². The van der Waals surface area contributed by atoms with Crippen LogP contribution >= 0.6 is 0 Å². The number of aliphatic hydroxyl groups excluding tert-OH is 4. The largest absolute Gasteiger partial charge is 0.390 e. The van der Waals surface area contributed by atoms with Crippen molar-refractivity contribution in [3.63, 3.8) is 0 Å². The van der Waals surface area contributed by atoms with E-state index in [-0.39, 0.29) is 0 Å². The van der Waals surface area contributed by atoms with Crippen LogP contribution in [-0.2, 0) is 0 Å². The van der Waals surface area contributed by atoms with Gasteiger partial charge in [0.25, 0.3) is 0 Å². The SMILES string of the molecule is C[C@@]1(O)[C@@H](O)[C@@H](O)[C@H](O)[C@@H](N=[N+]=[N-])[C@@H]1O. The normalized spacial score (nSPS) is 50.9. The molecular weight excluding hydrogens is 206 g/mol. The third kappa shape index (κ3) is 1.78. The molecule has 0 saturated heterocycles. The molecule has 6 atom stereocenters.